The zero-order valence-corrected chi connectivity index (χ0v) is 19.1. The van der Waals surface area contributed by atoms with Crippen molar-refractivity contribution in [1.82, 2.24) is 4.57 Å². The average molecular weight is 459 g/mol. The van der Waals surface area contributed by atoms with Crippen LogP contribution in [0.5, 0.6) is 0 Å². The smallest absolute Gasteiger partial charge is 0.338 e. The van der Waals surface area contributed by atoms with E-state index in [-0.39, 0.29) is 11.7 Å². The number of ether oxygens (including phenoxy) is 1. The SMILES string of the molecule is CCOC(=O)c1ccc(-n2cc(C#N)c3cc(-c4ccc(CS(C)(=O)=O)cc4)ccc32)cc1. The maximum absolute atomic E-state index is 11.9. The molecule has 0 unspecified atom stereocenters. The fraction of sp³-hybridized carbons (Fsp3) is 0.154. The molecule has 0 atom stereocenters. The minimum Gasteiger partial charge on any atom is -0.462 e. The van der Waals surface area contributed by atoms with E-state index in [0.717, 1.165) is 33.3 Å². The molecule has 33 heavy (non-hydrogen) atoms. The highest BCUT2D eigenvalue weighted by atomic mass is 32.2. The number of carbonyl (C=O) groups excluding carboxylic acids is 1. The van der Waals surface area contributed by atoms with Crippen molar-refractivity contribution in [3.05, 3.63) is 89.6 Å². The van der Waals surface area contributed by atoms with E-state index < -0.39 is 9.84 Å². The monoisotopic (exact) mass is 458 g/mol. The summed E-state index contributed by atoms with van der Waals surface area (Å²) in [4.78, 5) is 11.9. The van der Waals surface area contributed by atoms with Gasteiger partial charge in [-0.15, -0.1) is 0 Å². The highest BCUT2D eigenvalue weighted by molar-refractivity contribution is 7.89. The van der Waals surface area contributed by atoms with Gasteiger partial charge in [-0.05, 0) is 60.0 Å². The van der Waals surface area contributed by atoms with Gasteiger partial charge in [-0.25, -0.2) is 13.2 Å². The number of benzene rings is 3. The van der Waals surface area contributed by atoms with Gasteiger partial charge in [-0.2, -0.15) is 5.26 Å². The zero-order valence-electron chi connectivity index (χ0n) is 18.3. The lowest BCUT2D eigenvalue weighted by molar-refractivity contribution is 0.0526. The van der Waals surface area contributed by atoms with Crippen LogP contribution in [0.25, 0.3) is 27.7 Å². The van der Waals surface area contributed by atoms with Gasteiger partial charge < -0.3 is 9.30 Å². The van der Waals surface area contributed by atoms with E-state index in [1.807, 2.05) is 59.2 Å². The van der Waals surface area contributed by atoms with Crippen LogP contribution in [0, 0.1) is 11.3 Å². The molecule has 4 rings (SSSR count). The molecule has 0 radical (unpaired) electrons. The first-order chi connectivity index (χ1) is 15.8. The first-order valence-electron chi connectivity index (χ1n) is 10.4. The van der Waals surface area contributed by atoms with Crippen molar-refractivity contribution < 1.29 is 17.9 Å². The molecule has 3 aromatic carbocycles. The summed E-state index contributed by atoms with van der Waals surface area (Å²) in [5, 5.41) is 10.5. The summed E-state index contributed by atoms with van der Waals surface area (Å²) in [5.41, 5.74) is 5.30. The third-order valence-corrected chi connectivity index (χ3v) is 6.16. The van der Waals surface area contributed by atoms with E-state index in [1.54, 1.807) is 25.3 Å². The molecule has 0 spiro atoms. The van der Waals surface area contributed by atoms with Crippen LogP contribution in [-0.4, -0.2) is 31.8 Å². The Morgan fingerprint density at radius 1 is 1.00 bits per heavy atom. The second-order valence-electron chi connectivity index (χ2n) is 7.79. The molecular formula is C26H22N2O4S. The second kappa shape index (κ2) is 8.93. The number of aromatic nitrogens is 1. The van der Waals surface area contributed by atoms with Crippen molar-refractivity contribution in [2.75, 3.05) is 12.9 Å². The summed E-state index contributed by atoms with van der Waals surface area (Å²) in [6.07, 6.45) is 3.00. The molecule has 0 aliphatic rings. The quantitative estimate of drug-likeness (QED) is 0.384. The van der Waals surface area contributed by atoms with Crippen molar-refractivity contribution >= 4 is 26.7 Å². The third kappa shape index (κ3) is 4.81. The van der Waals surface area contributed by atoms with Gasteiger partial charge in [0.05, 0.1) is 29.0 Å². The highest BCUT2D eigenvalue weighted by Crippen LogP contribution is 2.30. The minimum atomic E-state index is -3.09. The van der Waals surface area contributed by atoms with Crippen molar-refractivity contribution in [3.63, 3.8) is 0 Å². The Labute approximate surface area is 192 Å². The van der Waals surface area contributed by atoms with Crippen molar-refractivity contribution in [2.45, 2.75) is 12.7 Å². The summed E-state index contributed by atoms with van der Waals surface area (Å²) in [6, 6.07) is 22.6. The predicted molar refractivity (Wildman–Crippen MR) is 128 cm³/mol. The number of nitrogens with zero attached hydrogens (tertiary/aromatic N) is 2. The minimum absolute atomic E-state index is 0.00268. The van der Waals surface area contributed by atoms with E-state index in [4.69, 9.17) is 4.74 Å². The van der Waals surface area contributed by atoms with Crippen LogP contribution in [0.4, 0.5) is 0 Å². The maximum atomic E-state index is 11.9. The summed E-state index contributed by atoms with van der Waals surface area (Å²) in [5.74, 6) is -0.366. The standard InChI is InChI=1S/C26H22N2O4S/c1-3-32-26(29)20-8-11-23(12-9-20)28-16-22(15-27)24-14-21(10-13-25(24)28)19-6-4-18(5-7-19)17-33(2,30)31/h4-14,16H,3,17H2,1-2H3. The molecule has 1 aromatic heterocycles. The molecule has 1 heterocycles. The lowest BCUT2D eigenvalue weighted by atomic mass is 10.0. The molecule has 0 amide bonds. The van der Waals surface area contributed by atoms with Gasteiger partial charge in [0.1, 0.15) is 6.07 Å². The Balaban J connectivity index is 1.70. The van der Waals surface area contributed by atoms with Crippen LogP contribution in [0.2, 0.25) is 0 Å². The lowest BCUT2D eigenvalue weighted by Gasteiger charge is -2.08. The number of hydrogen-bond donors (Lipinski definition) is 0. The van der Waals surface area contributed by atoms with Gasteiger partial charge in [0, 0.05) is 23.5 Å². The van der Waals surface area contributed by atoms with Gasteiger partial charge in [-0.3, -0.25) is 0 Å². The van der Waals surface area contributed by atoms with Crippen LogP contribution >= 0.6 is 0 Å². The summed E-state index contributed by atoms with van der Waals surface area (Å²) in [7, 11) is -3.09. The third-order valence-electron chi connectivity index (χ3n) is 5.30. The molecule has 0 N–H and O–H groups in total. The molecule has 7 heteroatoms. The number of hydrogen-bond acceptors (Lipinski definition) is 5. The molecule has 0 fully saturated rings. The van der Waals surface area contributed by atoms with Crippen molar-refractivity contribution in [1.29, 1.82) is 5.26 Å². The van der Waals surface area contributed by atoms with Crippen molar-refractivity contribution in [3.8, 4) is 22.9 Å². The predicted octanol–water partition coefficient (Wildman–Crippen LogP) is 4.89. The molecule has 0 saturated heterocycles. The molecule has 6 nitrogen and oxygen atoms in total. The zero-order chi connectivity index (χ0) is 23.6. The number of sulfone groups is 1. The fourth-order valence-electron chi connectivity index (χ4n) is 3.78. The van der Waals surface area contributed by atoms with Crippen LogP contribution < -0.4 is 0 Å². The van der Waals surface area contributed by atoms with E-state index in [9.17, 15) is 18.5 Å². The summed E-state index contributed by atoms with van der Waals surface area (Å²) in [6.45, 7) is 2.08. The highest BCUT2D eigenvalue weighted by Gasteiger charge is 2.13. The molecule has 0 saturated carbocycles. The van der Waals surface area contributed by atoms with Crippen LogP contribution in [0.3, 0.4) is 0 Å². The van der Waals surface area contributed by atoms with E-state index in [1.165, 1.54) is 6.26 Å². The first kappa shape index (κ1) is 22.3. The van der Waals surface area contributed by atoms with Gasteiger partial charge in [-0.1, -0.05) is 30.3 Å². The van der Waals surface area contributed by atoms with Gasteiger partial charge in [0.2, 0.25) is 0 Å². The number of carbonyl (C=O) groups is 1. The Morgan fingerprint density at radius 3 is 2.27 bits per heavy atom. The Bertz CT molecular complexity index is 1480. The summed E-state index contributed by atoms with van der Waals surface area (Å²) < 4.78 is 30.0. The van der Waals surface area contributed by atoms with Crippen LogP contribution in [0.1, 0.15) is 28.4 Å². The number of esters is 1. The second-order valence-corrected chi connectivity index (χ2v) is 9.93. The van der Waals surface area contributed by atoms with Crippen LogP contribution in [-0.2, 0) is 20.3 Å². The Morgan fingerprint density at radius 2 is 1.67 bits per heavy atom. The summed E-state index contributed by atoms with van der Waals surface area (Å²) >= 11 is 0. The molecule has 0 aliphatic carbocycles. The van der Waals surface area contributed by atoms with Gasteiger partial charge >= 0.3 is 5.97 Å². The lowest BCUT2D eigenvalue weighted by Crippen LogP contribution is -2.04. The molecule has 0 bridgehead atoms. The molecule has 166 valence electrons. The van der Waals surface area contributed by atoms with Gasteiger partial charge in [0.25, 0.3) is 0 Å². The number of rotatable bonds is 6. The average Bonchev–Trinajstić information content (AvgIpc) is 3.17. The topological polar surface area (TPSA) is 89.2 Å². The Hall–Kier alpha value is -3.89. The normalized spacial score (nSPS) is 11.3. The van der Waals surface area contributed by atoms with E-state index >= 15 is 0 Å². The first-order valence-corrected chi connectivity index (χ1v) is 12.4. The van der Waals surface area contributed by atoms with Crippen LogP contribution in [0.15, 0.2) is 72.9 Å². The molecule has 4 aromatic rings. The Kier molecular flexibility index (Phi) is 6.03. The maximum Gasteiger partial charge on any atom is 0.338 e. The van der Waals surface area contributed by atoms with E-state index in [0.29, 0.717) is 17.7 Å². The van der Waals surface area contributed by atoms with Gasteiger partial charge in [0.15, 0.2) is 9.84 Å². The molecular weight excluding hydrogens is 436 g/mol. The van der Waals surface area contributed by atoms with Crippen molar-refractivity contribution in [2.24, 2.45) is 0 Å². The molecule has 0 aliphatic heterocycles. The largest absolute Gasteiger partial charge is 0.462 e. The number of nitriles is 1. The van der Waals surface area contributed by atoms with E-state index in [2.05, 4.69) is 6.07 Å². The number of fused-ring (bicyclic) bond motifs is 1. The fourth-order valence-corrected chi connectivity index (χ4v) is 4.58.